The summed E-state index contributed by atoms with van der Waals surface area (Å²) in [5.74, 6) is 0. The van der Waals surface area contributed by atoms with Gasteiger partial charge in [0, 0.05) is 0 Å². The summed E-state index contributed by atoms with van der Waals surface area (Å²) in [4.78, 5) is 4.69. The zero-order valence-electron chi connectivity index (χ0n) is 13.4. The van der Waals surface area contributed by atoms with Crippen molar-refractivity contribution in [1.29, 1.82) is 0 Å². The molecule has 0 fully saturated rings. The van der Waals surface area contributed by atoms with Crippen LogP contribution in [0.1, 0.15) is 0 Å². The number of rotatable bonds is 3. The van der Waals surface area contributed by atoms with Crippen molar-refractivity contribution >= 4 is 22.7 Å². The van der Waals surface area contributed by atoms with Crippen molar-refractivity contribution in [3.63, 3.8) is 0 Å². The van der Waals surface area contributed by atoms with Crippen molar-refractivity contribution < 1.29 is 4.68 Å². The number of nitrogens with zero attached hydrogens (tertiary/aromatic N) is 4. The Labute approximate surface area is 156 Å². The number of hydrogen-bond donors (Lipinski definition) is 0. The standard InChI is InChI=1S/C20H16N4.BrH/c1-4-10-17(11-5-1)21-20-22-24(19-14-8-3-9-15-19)16-23(20)18-12-6-2-7-13-18;/h1-16H;1H. The van der Waals surface area contributed by atoms with Gasteiger partial charge in [0.2, 0.25) is 5.62 Å². The first-order valence-corrected chi connectivity index (χ1v) is 7.79. The van der Waals surface area contributed by atoms with Crippen molar-refractivity contribution in [3.8, 4) is 11.4 Å². The van der Waals surface area contributed by atoms with Gasteiger partial charge < -0.3 is 4.99 Å². The van der Waals surface area contributed by atoms with E-state index < -0.39 is 0 Å². The summed E-state index contributed by atoms with van der Waals surface area (Å²) in [6, 6.07) is 30.0. The maximum Gasteiger partial charge on any atom is 0.264 e. The van der Waals surface area contributed by atoms with E-state index in [1.807, 2.05) is 107 Å². The van der Waals surface area contributed by atoms with E-state index in [9.17, 15) is 0 Å². The zero-order chi connectivity index (χ0) is 16.2. The van der Waals surface area contributed by atoms with Crippen LogP contribution < -0.4 is 15.4 Å². The Morgan fingerprint density at radius 3 is 1.92 bits per heavy atom. The predicted octanol–water partition coefficient (Wildman–Crippen LogP) is 3.52. The van der Waals surface area contributed by atoms with Crippen LogP contribution in [0.15, 0.2) is 102 Å². The van der Waals surface area contributed by atoms with E-state index in [0.29, 0.717) is 5.62 Å². The fourth-order valence-electron chi connectivity index (χ4n) is 2.50. The van der Waals surface area contributed by atoms with Crippen molar-refractivity contribution in [1.82, 2.24) is 9.67 Å². The van der Waals surface area contributed by atoms with Crippen molar-refractivity contribution in [3.05, 3.63) is 103 Å². The highest BCUT2D eigenvalue weighted by Gasteiger charge is 2.09. The first-order valence-electron chi connectivity index (χ1n) is 7.79. The second-order valence-electron chi connectivity index (χ2n) is 5.35. The van der Waals surface area contributed by atoms with Crippen molar-refractivity contribution in [2.75, 3.05) is 0 Å². The fraction of sp³-hybridized carbons (Fsp3) is 0. The quantitative estimate of drug-likeness (QED) is 0.491. The molecule has 3 aromatic carbocycles. The summed E-state index contributed by atoms with van der Waals surface area (Å²) in [5, 5.41) is 4.67. The van der Waals surface area contributed by atoms with Gasteiger partial charge in [-0.15, -0.1) is 17.0 Å². The molecule has 0 aliphatic carbocycles. The maximum absolute atomic E-state index is 4.69. The molecule has 0 aliphatic rings. The second-order valence-corrected chi connectivity index (χ2v) is 5.35. The number of para-hydroxylation sites is 3. The van der Waals surface area contributed by atoms with Crippen LogP contribution in [0.25, 0.3) is 11.4 Å². The smallest absolute Gasteiger partial charge is 0.264 e. The van der Waals surface area contributed by atoms with Crippen LogP contribution >= 0.6 is 17.0 Å². The third-order valence-electron chi connectivity index (χ3n) is 3.68. The van der Waals surface area contributed by atoms with Gasteiger partial charge in [-0.3, -0.25) is 0 Å². The van der Waals surface area contributed by atoms with Crippen LogP contribution in [-0.4, -0.2) is 4.57 Å². The average molecular weight is 393 g/mol. The minimum absolute atomic E-state index is 0. The van der Waals surface area contributed by atoms with Crippen LogP contribution in [0.4, 0.5) is 5.69 Å². The van der Waals surface area contributed by atoms with Crippen LogP contribution in [0.3, 0.4) is 0 Å². The highest BCUT2D eigenvalue weighted by atomic mass is 79.9. The molecule has 1 heterocycles. The minimum atomic E-state index is 0. The SMILES string of the molecule is Br.c1ccc(N=c2[n-][n+](-c3ccccc3)cn2-c2ccccc2)cc1. The Kier molecular flexibility index (Phi) is 5.26. The lowest BCUT2D eigenvalue weighted by molar-refractivity contribution is -0.663. The average Bonchev–Trinajstić information content (AvgIpc) is 3.08. The van der Waals surface area contributed by atoms with E-state index in [1.165, 1.54) is 0 Å². The molecule has 4 nitrogen and oxygen atoms in total. The van der Waals surface area contributed by atoms with Gasteiger partial charge in [0.05, 0.1) is 0 Å². The molecular weight excluding hydrogens is 376 g/mol. The Morgan fingerprint density at radius 2 is 1.28 bits per heavy atom. The normalized spacial score (nSPS) is 11.1. The van der Waals surface area contributed by atoms with E-state index in [0.717, 1.165) is 17.1 Å². The van der Waals surface area contributed by atoms with Gasteiger partial charge in [0.1, 0.15) is 11.4 Å². The number of hydrogen-bond acceptors (Lipinski definition) is 1. The zero-order valence-corrected chi connectivity index (χ0v) is 15.1. The summed E-state index contributed by atoms with van der Waals surface area (Å²) in [6.45, 7) is 0. The predicted molar refractivity (Wildman–Crippen MR) is 103 cm³/mol. The third-order valence-corrected chi connectivity index (χ3v) is 3.68. The summed E-state index contributed by atoms with van der Waals surface area (Å²) >= 11 is 0. The van der Waals surface area contributed by atoms with Gasteiger partial charge in [0.15, 0.2) is 0 Å². The fourth-order valence-corrected chi connectivity index (χ4v) is 2.50. The van der Waals surface area contributed by atoms with E-state index in [1.54, 1.807) is 0 Å². The minimum Gasteiger partial charge on any atom is -0.323 e. The third kappa shape index (κ3) is 3.78. The van der Waals surface area contributed by atoms with E-state index >= 15 is 0 Å². The van der Waals surface area contributed by atoms with Crippen LogP contribution in [0.5, 0.6) is 0 Å². The molecular formula is C20H17BrN4. The van der Waals surface area contributed by atoms with Crippen LogP contribution in [0, 0.1) is 0 Å². The van der Waals surface area contributed by atoms with Gasteiger partial charge in [-0.25, -0.2) is 0 Å². The van der Waals surface area contributed by atoms with E-state index in [4.69, 9.17) is 4.99 Å². The highest BCUT2D eigenvalue weighted by molar-refractivity contribution is 8.93. The first kappa shape index (κ1) is 16.9. The molecule has 0 unspecified atom stereocenters. The van der Waals surface area contributed by atoms with E-state index in [-0.39, 0.29) is 17.0 Å². The molecule has 0 N–H and O–H groups in total. The Hall–Kier alpha value is -2.92. The molecule has 0 aliphatic heterocycles. The molecule has 124 valence electrons. The van der Waals surface area contributed by atoms with E-state index in [2.05, 4.69) is 5.10 Å². The molecule has 25 heavy (non-hydrogen) atoms. The maximum atomic E-state index is 4.69. The number of benzene rings is 3. The lowest BCUT2D eigenvalue weighted by Crippen LogP contribution is -2.36. The summed E-state index contributed by atoms with van der Waals surface area (Å²) < 4.78 is 3.83. The summed E-state index contributed by atoms with van der Waals surface area (Å²) in [6.07, 6.45) is 1.95. The highest BCUT2D eigenvalue weighted by Crippen LogP contribution is 2.09. The van der Waals surface area contributed by atoms with Gasteiger partial charge in [-0.2, -0.15) is 14.3 Å². The van der Waals surface area contributed by atoms with Crippen molar-refractivity contribution in [2.45, 2.75) is 0 Å². The molecule has 4 rings (SSSR count). The largest absolute Gasteiger partial charge is 0.323 e. The Morgan fingerprint density at radius 1 is 0.720 bits per heavy atom. The van der Waals surface area contributed by atoms with Crippen LogP contribution in [0.2, 0.25) is 0 Å². The summed E-state index contributed by atoms with van der Waals surface area (Å²) in [5.41, 5.74) is 3.53. The Balaban J connectivity index is 0.00000182. The monoisotopic (exact) mass is 392 g/mol. The number of halogens is 1. The molecule has 4 aromatic rings. The second kappa shape index (κ2) is 7.77. The van der Waals surface area contributed by atoms with Gasteiger partial charge >= 0.3 is 0 Å². The molecule has 0 atom stereocenters. The molecule has 0 radical (unpaired) electrons. The first-order chi connectivity index (χ1) is 11.9. The molecule has 0 bridgehead atoms. The van der Waals surface area contributed by atoms with Gasteiger partial charge in [-0.05, 0) is 30.0 Å². The van der Waals surface area contributed by atoms with Gasteiger partial charge in [0.25, 0.3) is 6.33 Å². The molecule has 1 aromatic heterocycles. The van der Waals surface area contributed by atoms with Gasteiger partial charge in [-0.1, -0.05) is 66.7 Å². The molecule has 0 spiro atoms. The van der Waals surface area contributed by atoms with Crippen molar-refractivity contribution in [2.24, 2.45) is 4.99 Å². The number of aromatic nitrogens is 3. The molecule has 5 heteroatoms. The lowest BCUT2D eigenvalue weighted by atomic mass is 10.3. The van der Waals surface area contributed by atoms with Crippen LogP contribution in [-0.2, 0) is 0 Å². The molecule has 0 amide bonds. The Bertz CT molecular complexity index is 990. The molecule has 0 saturated heterocycles. The molecule has 0 saturated carbocycles. The lowest BCUT2D eigenvalue weighted by Gasteiger charge is -1.97. The topological polar surface area (TPSA) is 35.3 Å². The summed E-state index contributed by atoms with van der Waals surface area (Å²) in [7, 11) is 0.